The summed E-state index contributed by atoms with van der Waals surface area (Å²) in [7, 11) is 0. The number of hydrogen-bond acceptors (Lipinski definition) is 7. The van der Waals surface area contributed by atoms with Gasteiger partial charge in [0, 0.05) is 11.4 Å². The molecular weight excluding hydrogens is 474 g/mol. The number of fused-ring (bicyclic) bond motifs is 1. The summed E-state index contributed by atoms with van der Waals surface area (Å²) in [6.45, 7) is 11.1. The molecule has 190 valence electrons. The monoisotopic (exact) mass is 507 g/mol. The SMILES string of the molecule is CCCOc1ccc(C2C(C(=O)Nc3cccc(C)c3)=C(C)Nc3nc(SCC)nn32)cc1OCC. The van der Waals surface area contributed by atoms with Crippen molar-refractivity contribution in [3.05, 3.63) is 64.9 Å². The van der Waals surface area contributed by atoms with Crippen molar-refractivity contribution in [1.29, 1.82) is 0 Å². The number of nitrogens with zero attached hydrogens (tertiary/aromatic N) is 3. The summed E-state index contributed by atoms with van der Waals surface area (Å²) < 4.78 is 13.6. The van der Waals surface area contributed by atoms with Gasteiger partial charge in [-0.25, -0.2) is 4.68 Å². The van der Waals surface area contributed by atoms with Crippen LogP contribution in [0, 0.1) is 6.92 Å². The zero-order chi connectivity index (χ0) is 25.7. The van der Waals surface area contributed by atoms with Gasteiger partial charge in [-0.3, -0.25) is 4.79 Å². The Kier molecular flexibility index (Phi) is 8.20. The number of allylic oxidation sites excluding steroid dienone is 1. The van der Waals surface area contributed by atoms with E-state index in [9.17, 15) is 4.79 Å². The van der Waals surface area contributed by atoms with E-state index in [1.54, 1.807) is 16.4 Å². The molecule has 1 amide bonds. The minimum atomic E-state index is -0.496. The number of rotatable bonds is 10. The van der Waals surface area contributed by atoms with Gasteiger partial charge < -0.3 is 20.1 Å². The first-order valence-electron chi connectivity index (χ1n) is 12.3. The largest absolute Gasteiger partial charge is 0.490 e. The molecule has 36 heavy (non-hydrogen) atoms. The first kappa shape index (κ1) is 25.6. The fraction of sp³-hybridized carbons (Fsp3) is 0.370. The third kappa shape index (κ3) is 5.51. The minimum Gasteiger partial charge on any atom is -0.490 e. The van der Waals surface area contributed by atoms with Gasteiger partial charge in [0.05, 0.1) is 18.8 Å². The van der Waals surface area contributed by atoms with Gasteiger partial charge in [0.2, 0.25) is 11.1 Å². The van der Waals surface area contributed by atoms with Crippen molar-refractivity contribution in [2.24, 2.45) is 0 Å². The molecule has 0 saturated heterocycles. The highest BCUT2D eigenvalue weighted by Gasteiger charge is 2.35. The fourth-order valence-electron chi connectivity index (χ4n) is 4.14. The lowest BCUT2D eigenvalue weighted by Crippen LogP contribution is -2.31. The van der Waals surface area contributed by atoms with Gasteiger partial charge in [0.25, 0.3) is 5.91 Å². The lowest BCUT2D eigenvalue weighted by Gasteiger charge is -2.29. The van der Waals surface area contributed by atoms with E-state index in [0.29, 0.717) is 41.4 Å². The first-order valence-corrected chi connectivity index (χ1v) is 13.3. The van der Waals surface area contributed by atoms with Crippen molar-refractivity contribution in [2.75, 3.05) is 29.6 Å². The van der Waals surface area contributed by atoms with Crippen LogP contribution in [0.15, 0.2) is 58.9 Å². The van der Waals surface area contributed by atoms with Crippen LogP contribution in [0.4, 0.5) is 11.6 Å². The quantitative estimate of drug-likeness (QED) is 0.335. The number of thioether (sulfide) groups is 1. The molecule has 1 unspecified atom stereocenters. The Labute approximate surface area is 216 Å². The summed E-state index contributed by atoms with van der Waals surface area (Å²) in [6.07, 6.45) is 0.896. The molecule has 1 atom stereocenters. The molecule has 2 heterocycles. The number of aryl methyl sites for hydroxylation is 1. The van der Waals surface area contributed by atoms with Crippen LogP contribution in [0.2, 0.25) is 0 Å². The molecule has 2 N–H and O–H groups in total. The molecular formula is C27H33N5O3S. The molecule has 0 bridgehead atoms. The Hall–Kier alpha value is -3.46. The standard InChI is InChI=1S/C27H33N5O3S/c1-6-14-35-21-13-12-19(16-22(21)34-7-2)24-23(25(33)29-20-11-9-10-17(4)15-20)18(5)28-26-30-27(36-8-3)31-32(24)26/h9-13,15-16,24H,6-8,14H2,1-5H3,(H,29,33)(H,28,30,31). The van der Waals surface area contributed by atoms with Crippen molar-refractivity contribution in [1.82, 2.24) is 14.8 Å². The number of anilines is 2. The van der Waals surface area contributed by atoms with E-state index < -0.39 is 6.04 Å². The van der Waals surface area contributed by atoms with Crippen LogP contribution in [0.5, 0.6) is 11.5 Å². The molecule has 8 nitrogen and oxygen atoms in total. The Morgan fingerprint density at radius 2 is 1.94 bits per heavy atom. The molecule has 0 aliphatic carbocycles. The molecule has 3 aromatic rings. The predicted molar refractivity (Wildman–Crippen MR) is 144 cm³/mol. The number of amides is 1. The number of ether oxygens (including phenoxy) is 2. The molecule has 0 fully saturated rings. The van der Waals surface area contributed by atoms with Crippen molar-refractivity contribution in [2.45, 2.75) is 52.2 Å². The van der Waals surface area contributed by atoms with Crippen LogP contribution in [-0.4, -0.2) is 39.6 Å². The van der Waals surface area contributed by atoms with Crippen LogP contribution in [0.1, 0.15) is 51.3 Å². The maximum absolute atomic E-state index is 13.7. The maximum Gasteiger partial charge on any atom is 0.255 e. The Morgan fingerprint density at radius 3 is 2.67 bits per heavy atom. The van der Waals surface area contributed by atoms with Gasteiger partial charge in [-0.05, 0) is 68.3 Å². The molecule has 2 aromatic carbocycles. The summed E-state index contributed by atoms with van der Waals surface area (Å²) in [5.74, 6) is 2.57. The number of nitrogens with one attached hydrogen (secondary N) is 2. The Morgan fingerprint density at radius 1 is 1.11 bits per heavy atom. The molecule has 1 aromatic heterocycles. The zero-order valence-electron chi connectivity index (χ0n) is 21.4. The lowest BCUT2D eigenvalue weighted by molar-refractivity contribution is -0.113. The van der Waals surface area contributed by atoms with Gasteiger partial charge >= 0.3 is 0 Å². The molecule has 9 heteroatoms. The van der Waals surface area contributed by atoms with E-state index in [-0.39, 0.29) is 5.91 Å². The predicted octanol–water partition coefficient (Wildman–Crippen LogP) is 5.81. The average Bonchev–Trinajstić information content (AvgIpc) is 3.24. The summed E-state index contributed by atoms with van der Waals surface area (Å²) >= 11 is 1.56. The van der Waals surface area contributed by atoms with E-state index in [4.69, 9.17) is 14.6 Å². The van der Waals surface area contributed by atoms with E-state index in [1.165, 1.54) is 0 Å². The van der Waals surface area contributed by atoms with Crippen molar-refractivity contribution < 1.29 is 14.3 Å². The summed E-state index contributed by atoms with van der Waals surface area (Å²) in [5, 5.41) is 11.8. The number of benzene rings is 2. The van der Waals surface area contributed by atoms with Crippen LogP contribution in [0.3, 0.4) is 0 Å². The topological polar surface area (TPSA) is 90.3 Å². The van der Waals surface area contributed by atoms with Crippen LogP contribution < -0.4 is 20.1 Å². The highest BCUT2D eigenvalue weighted by atomic mass is 32.2. The molecule has 0 spiro atoms. The van der Waals surface area contributed by atoms with Crippen molar-refractivity contribution in [3.8, 4) is 11.5 Å². The molecule has 1 aliphatic heterocycles. The van der Waals surface area contributed by atoms with Crippen molar-refractivity contribution >= 4 is 29.3 Å². The number of hydrogen-bond donors (Lipinski definition) is 2. The number of carbonyl (C=O) groups excluding carboxylic acids is 1. The fourth-order valence-corrected chi connectivity index (χ4v) is 4.69. The third-order valence-electron chi connectivity index (χ3n) is 5.67. The van der Waals surface area contributed by atoms with Crippen LogP contribution >= 0.6 is 11.8 Å². The summed E-state index contributed by atoms with van der Waals surface area (Å²) in [5.41, 5.74) is 3.95. The van der Waals surface area contributed by atoms with Crippen LogP contribution in [0.25, 0.3) is 0 Å². The lowest BCUT2D eigenvalue weighted by atomic mass is 9.94. The molecule has 1 aliphatic rings. The second-order valence-electron chi connectivity index (χ2n) is 8.47. The second kappa shape index (κ2) is 11.5. The molecule has 4 rings (SSSR count). The normalized spacial score (nSPS) is 14.8. The van der Waals surface area contributed by atoms with Gasteiger partial charge in [-0.1, -0.05) is 43.8 Å². The molecule has 0 radical (unpaired) electrons. The highest BCUT2D eigenvalue weighted by molar-refractivity contribution is 7.99. The summed E-state index contributed by atoms with van der Waals surface area (Å²) in [4.78, 5) is 18.4. The van der Waals surface area contributed by atoms with Gasteiger partial charge in [0.1, 0.15) is 6.04 Å². The van der Waals surface area contributed by atoms with E-state index in [0.717, 1.165) is 34.7 Å². The van der Waals surface area contributed by atoms with E-state index in [1.807, 2.05) is 63.2 Å². The minimum absolute atomic E-state index is 0.203. The van der Waals surface area contributed by atoms with E-state index in [2.05, 4.69) is 29.5 Å². The van der Waals surface area contributed by atoms with Gasteiger partial charge in [0.15, 0.2) is 11.5 Å². The second-order valence-corrected chi connectivity index (χ2v) is 9.70. The number of aromatic nitrogens is 3. The van der Waals surface area contributed by atoms with Gasteiger partial charge in [-0.2, -0.15) is 4.98 Å². The van der Waals surface area contributed by atoms with Crippen LogP contribution in [-0.2, 0) is 4.79 Å². The first-order chi connectivity index (χ1) is 17.4. The van der Waals surface area contributed by atoms with Gasteiger partial charge in [-0.15, -0.1) is 5.10 Å². The smallest absolute Gasteiger partial charge is 0.255 e. The maximum atomic E-state index is 13.7. The Balaban J connectivity index is 1.79. The highest BCUT2D eigenvalue weighted by Crippen LogP contribution is 2.40. The third-order valence-corrected chi connectivity index (χ3v) is 6.39. The van der Waals surface area contributed by atoms with E-state index >= 15 is 0 Å². The average molecular weight is 508 g/mol. The molecule has 0 saturated carbocycles. The zero-order valence-corrected chi connectivity index (χ0v) is 22.2. The summed E-state index contributed by atoms with van der Waals surface area (Å²) in [6, 6.07) is 13.1. The van der Waals surface area contributed by atoms with Crippen molar-refractivity contribution in [3.63, 3.8) is 0 Å². The Bertz CT molecular complexity index is 1270. The number of carbonyl (C=O) groups is 1.